The first-order valence-electron chi connectivity index (χ1n) is 10.1. The minimum atomic E-state index is 0. The average molecular weight is 574 g/mol. The quantitative estimate of drug-likeness (QED) is 0.334. The Labute approximate surface area is 197 Å². The van der Waals surface area contributed by atoms with Crippen molar-refractivity contribution in [3.63, 3.8) is 0 Å². The molecule has 3 heterocycles. The van der Waals surface area contributed by atoms with Gasteiger partial charge >= 0.3 is 0 Å². The van der Waals surface area contributed by atoms with Crippen LogP contribution in [-0.2, 0) is 19.5 Å². The molecule has 0 aliphatic carbocycles. The maximum Gasteiger partial charge on any atom is 0.191 e. The number of anilines is 1. The lowest BCUT2D eigenvalue weighted by Gasteiger charge is -2.20. The van der Waals surface area contributed by atoms with Gasteiger partial charge in [-0.25, -0.2) is 0 Å². The van der Waals surface area contributed by atoms with Crippen molar-refractivity contribution < 1.29 is 0 Å². The highest BCUT2D eigenvalue weighted by atomic mass is 127. The lowest BCUT2D eigenvalue weighted by Crippen LogP contribution is -2.44. The van der Waals surface area contributed by atoms with Gasteiger partial charge < -0.3 is 20.1 Å². The van der Waals surface area contributed by atoms with Crippen molar-refractivity contribution in [3.05, 3.63) is 40.4 Å². The van der Waals surface area contributed by atoms with Gasteiger partial charge in [-0.2, -0.15) is 0 Å². The largest absolute Gasteiger partial charge is 0.369 e. The van der Waals surface area contributed by atoms with Crippen molar-refractivity contribution >= 4 is 51.6 Å². The lowest BCUT2D eigenvalue weighted by molar-refractivity contribution is 0.591. The Bertz CT molecular complexity index is 821. The molecular formula is C20H29BrIN7. The molecule has 0 saturated carbocycles. The van der Waals surface area contributed by atoms with E-state index in [1.165, 1.54) is 24.9 Å². The topological polar surface area (TPSA) is 70.4 Å². The van der Waals surface area contributed by atoms with Crippen LogP contribution in [0.25, 0.3) is 0 Å². The molecule has 1 saturated heterocycles. The molecule has 9 heteroatoms. The van der Waals surface area contributed by atoms with Gasteiger partial charge in [0, 0.05) is 49.3 Å². The molecule has 2 aliphatic heterocycles. The number of aryl methyl sites for hydroxylation is 1. The number of benzene rings is 1. The van der Waals surface area contributed by atoms with Gasteiger partial charge in [0.05, 0.1) is 6.54 Å². The van der Waals surface area contributed by atoms with Crippen LogP contribution in [0.5, 0.6) is 0 Å². The summed E-state index contributed by atoms with van der Waals surface area (Å²) in [5.74, 6) is 2.95. The molecule has 7 nitrogen and oxygen atoms in total. The van der Waals surface area contributed by atoms with Crippen molar-refractivity contribution in [3.8, 4) is 0 Å². The number of halogens is 2. The number of aliphatic imine (C=N–C) groups is 1. The van der Waals surface area contributed by atoms with Gasteiger partial charge in [-0.15, -0.1) is 34.2 Å². The van der Waals surface area contributed by atoms with Crippen molar-refractivity contribution in [1.82, 2.24) is 25.4 Å². The van der Waals surface area contributed by atoms with E-state index in [4.69, 9.17) is 0 Å². The SMILES string of the molecule is CN=C(NCc1nnc2n1CCCCC2)NC1CCN(c2ccc(Br)cc2)C1.I. The van der Waals surface area contributed by atoms with Gasteiger partial charge in [0.2, 0.25) is 0 Å². The zero-order chi connectivity index (χ0) is 19.3. The van der Waals surface area contributed by atoms with Crippen LogP contribution in [0.1, 0.15) is 37.3 Å². The molecule has 1 fully saturated rings. The molecule has 1 aromatic heterocycles. The normalized spacial score (nSPS) is 19.3. The molecule has 0 amide bonds. The summed E-state index contributed by atoms with van der Waals surface area (Å²) in [7, 11) is 1.82. The van der Waals surface area contributed by atoms with Crippen molar-refractivity contribution in [1.29, 1.82) is 0 Å². The summed E-state index contributed by atoms with van der Waals surface area (Å²) >= 11 is 3.50. The van der Waals surface area contributed by atoms with Gasteiger partial charge in [0.25, 0.3) is 0 Å². The Morgan fingerprint density at radius 2 is 2.00 bits per heavy atom. The van der Waals surface area contributed by atoms with Gasteiger partial charge in [-0.05, 0) is 43.5 Å². The summed E-state index contributed by atoms with van der Waals surface area (Å²) < 4.78 is 3.39. The van der Waals surface area contributed by atoms with Crippen LogP contribution in [-0.4, -0.2) is 46.9 Å². The third kappa shape index (κ3) is 5.62. The van der Waals surface area contributed by atoms with Crippen molar-refractivity contribution in [2.24, 2.45) is 4.99 Å². The van der Waals surface area contributed by atoms with Gasteiger partial charge in [0.1, 0.15) is 5.82 Å². The number of nitrogens with zero attached hydrogens (tertiary/aromatic N) is 5. The Hall–Kier alpha value is -1.36. The highest BCUT2D eigenvalue weighted by Gasteiger charge is 2.23. The van der Waals surface area contributed by atoms with Crippen LogP contribution in [0, 0.1) is 0 Å². The Kier molecular flexibility index (Phi) is 8.16. The summed E-state index contributed by atoms with van der Waals surface area (Å²) in [4.78, 5) is 6.82. The van der Waals surface area contributed by atoms with Crippen LogP contribution in [0.3, 0.4) is 0 Å². The summed E-state index contributed by atoms with van der Waals surface area (Å²) in [6.07, 6.45) is 5.82. The molecular weight excluding hydrogens is 545 g/mol. The lowest BCUT2D eigenvalue weighted by atomic mass is 10.2. The predicted molar refractivity (Wildman–Crippen MR) is 131 cm³/mol. The van der Waals surface area contributed by atoms with E-state index in [1.54, 1.807) is 0 Å². The van der Waals surface area contributed by atoms with Gasteiger partial charge in [-0.3, -0.25) is 4.99 Å². The molecule has 1 aromatic carbocycles. The molecule has 1 atom stereocenters. The number of hydrogen-bond acceptors (Lipinski definition) is 4. The first-order chi connectivity index (χ1) is 13.7. The third-order valence-corrected chi connectivity index (χ3v) is 6.07. The summed E-state index contributed by atoms with van der Waals surface area (Å²) in [5.41, 5.74) is 1.27. The highest BCUT2D eigenvalue weighted by molar-refractivity contribution is 14.0. The van der Waals surface area contributed by atoms with E-state index in [1.807, 2.05) is 7.05 Å². The zero-order valence-electron chi connectivity index (χ0n) is 16.8. The minimum absolute atomic E-state index is 0. The van der Waals surface area contributed by atoms with E-state index in [-0.39, 0.29) is 24.0 Å². The van der Waals surface area contributed by atoms with Gasteiger partial charge in [-0.1, -0.05) is 22.4 Å². The van der Waals surface area contributed by atoms with Crippen LogP contribution in [0.4, 0.5) is 5.69 Å². The number of nitrogens with one attached hydrogen (secondary N) is 2. The molecule has 0 bridgehead atoms. The smallest absolute Gasteiger partial charge is 0.191 e. The number of guanidine groups is 1. The van der Waals surface area contributed by atoms with E-state index < -0.39 is 0 Å². The molecule has 29 heavy (non-hydrogen) atoms. The van der Waals surface area contributed by atoms with Crippen molar-refractivity contribution in [2.75, 3.05) is 25.0 Å². The maximum absolute atomic E-state index is 4.40. The molecule has 0 radical (unpaired) electrons. The molecule has 158 valence electrons. The number of aromatic nitrogens is 3. The molecule has 0 spiro atoms. The van der Waals surface area contributed by atoms with Crippen molar-refractivity contribution in [2.45, 2.75) is 51.2 Å². The summed E-state index contributed by atoms with van der Waals surface area (Å²) in [6.45, 7) is 3.70. The molecule has 2 aliphatic rings. The van der Waals surface area contributed by atoms with E-state index in [2.05, 4.69) is 75.5 Å². The fourth-order valence-corrected chi connectivity index (χ4v) is 4.26. The average Bonchev–Trinajstić information content (AvgIpc) is 3.26. The van der Waals surface area contributed by atoms with E-state index in [9.17, 15) is 0 Å². The highest BCUT2D eigenvalue weighted by Crippen LogP contribution is 2.22. The zero-order valence-corrected chi connectivity index (χ0v) is 20.7. The van der Waals surface area contributed by atoms with Crippen LogP contribution in [0.2, 0.25) is 0 Å². The van der Waals surface area contributed by atoms with E-state index in [0.717, 1.165) is 54.6 Å². The first-order valence-corrected chi connectivity index (χ1v) is 10.9. The second-order valence-corrected chi connectivity index (χ2v) is 8.39. The number of hydrogen-bond donors (Lipinski definition) is 2. The van der Waals surface area contributed by atoms with Crippen LogP contribution >= 0.6 is 39.9 Å². The van der Waals surface area contributed by atoms with Crippen LogP contribution in [0.15, 0.2) is 33.7 Å². The minimum Gasteiger partial charge on any atom is -0.369 e. The fourth-order valence-electron chi connectivity index (χ4n) is 3.99. The second kappa shape index (κ2) is 10.6. The van der Waals surface area contributed by atoms with Crippen LogP contribution < -0.4 is 15.5 Å². The Morgan fingerprint density at radius 1 is 1.17 bits per heavy atom. The second-order valence-electron chi connectivity index (χ2n) is 7.47. The maximum atomic E-state index is 4.40. The van der Waals surface area contributed by atoms with E-state index in [0.29, 0.717) is 12.6 Å². The third-order valence-electron chi connectivity index (χ3n) is 5.54. The molecule has 1 unspecified atom stereocenters. The molecule has 4 rings (SSSR count). The first kappa shape index (κ1) is 22.3. The Morgan fingerprint density at radius 3 is 2.79 bits per heavy atom. The number of fused-ring (bicyclic) bond motifs is 1. The molecule has 2 N–H and O–H groups in total. The predicted octanol–water partition coefficient (Wildman–Crippen LogP) is 3.33. The van der Waals surface area contributed by atoms with E-state index >= 15 is 0 Å². The fraction of sp³-hybridized carbons (Fsp3) is 0.550. The molecule has 2 aromatic rings. The standard InChI is InChI=1S/C20H28BrN7.HI/c1-22-20(23-13-19-26-25-18-5-3-2-4-11-28(18)19)24-16-10-12-27(14-16)17-8-6-15(21)7-9-17;/h6-9,16H,2-5,10-14H2,1H3,(H2,22,23,24);1H. The Balaban J connectivity index is 0.00000240. The monoisotopic (exact) mass is 573 g/mol. The summed E-state index contributed by atoms with van der Waals surface area (Å²) in [6, 6.07) is 8.90. The summed E-state index contributed by atoms with van der Waals surface area (Å²) in [5, 5.41) is 15.8. The van der Waals surface area contributed by atoms with Gasteiger partial charge in [0.15, 0.2) is 11.8 Å². The number of rotatable bonds is 4.